The molecule has 0 spiro atoms. The largest absolute Gasteiger partial charge is 0.356 e. The first kappa shape index (κ1) is 20.7. The summed E-state index contributed by atoms with van der Waals surface area (Å²) in [5.74, 6) is 0.225. The van der Waals surface area contributed by atoms with Crippen molar-refractivity contribution in [3.8, 4) is 0 Å². The smallest absolute Gasteiger partial charge is 0.219 e. The summed E-state index contributed by atoms with van der Waals surface area (Å²) in [4.78, 5) is 15.1. The molecule has 0 bridgehead atoms. The van der Waals surface area contributed by atoms with Crippen molar-refractivity contribution in [2.45, 2.75) is 91.4 Å². The SMILES string of the molecule is CCCCc1cc(CCC)c(CCC)cn1.O=C1CCCCCN1. The molecule has 1 aliphatic rings. The highest BCUT2D eigenvalue weighted by Crippen LogP contribution is 2.15. The lowest BCUT2D eigenvalue weighted by atomic mass is 10.00. The molecule has 1 aromatic rings. The van der Waals surface area contributed by atoms with Crippen LogP contribution < -0.4 is 5.32 Å². The second-order valence-corrected chi connectivity index (χ2v) is 6.71. The van der Waals surface area contributed by atoms with Gasteiger partial charge in [-0.3, -0.25) is 9.78 Å². The highest BCUT2D eigenvalue weighted by Gasteiger charge is 2.04. The van der Waals surface area contributed by atoms with Crippen LogP contribution in [0.15, 0.2) is 12.3 Å². The van der Waals surface area contributed by atoms with Crippen LogP contribution in [-0.4, -0.2) is 17.4 Å². The van der Waals surface area contributed by atoms with E-state index in [0.29, 0.717) is 0 Å². The number of hydrogen-bond acceptors (Lipinski definition) is 2. The number of hydrogen-bond donors (Lipinski definition) is 1. The van der Waals surface area contributed by atoms with Gasteiger partial charge in [-0.1, -0.05) is 46.5 Å². The van der Waals surface area contributed by atoms with Gasteiger partial charge in [0.15, 0.2) is 0 Å². The van der Waals surface area contributed by atoms with Crippen LogP contribution in [0.25, 0.3) is 0 Å². The Balaban J connectivity index is 0.000000300. The van der Waals surface area contributed by atoms with E-state index in [9.17, 15) is 4.79 Å². The van der Waals surface area contributed by atoms with E-state index in [1.54, 1.807) is 0 Å². The summed E-state index contributed by atoms with van der Waals surface area (Å²) in [5.41, 5.74) is 4.28. The standard InChI is InChI=1S/C15H25N.C6H11NO/c1-4-7-10-15-11-13(8-5-2)14(9-6-3)12-16-15;8-6-4-2-1-3-5-7-6/h11-12H,4-10H2,1-3H3;1-5H2,(H,7,8). The van der Waals surface area contributed by atoms with Crippen molar-refractivity contribution in [3.63, 3.8) is 0 Å². The lowest BCUT2D eigenvalue weighted by Gasteiger charge is -2.09. The molecular weight excluding hydrogens is 296 g/mol. The first-order valence-corrected chi connectivity index (χ1v) is 9.94. The maximum atomic E-state index is 10.6. The van der Waals surface area contributed by atoms with E-state index in [1.165, 1.54) is 61.8 Å². The number of aryl methyl sites for hydroxylation is 3. The predicted octanol–water partition coefficient (Wildman–Crippen LogP) is 5.01. The van der Waals surface area contributed by atoms with E-state index in [1.807, 2.05) is 0 Å². The highest BCUT2D eigenvalue weighted by atomic mass is 16.1. The van der Waals surface area contributed by atoms with E-state index < -0.39 is 0 Å². The average molecular weight is 333 g/mol. The Labute approximate surface area is 148 Å². The van der Waals surface area contributed by atoms with Crippen LogP contribution in [0.1, 0.15) is 89.0 Å². The molecule has 1 aromatic heterocycles. The van der Waals surface area contributed by atoms with Crippen LogP contribution in [0.4, 0.5) is 0 Å². The Morgan fingerprint density at radius 1 is 0.958 bits per heavy atom. The number of carbonyl (C=O) groups is 1. The Morgan fingerprint density at radius 3 is 2.42 bits per heavy atom. The second-order valence-electron chi connectivity index (χ2n) is 6.71. The summed E-state index contributed by atoms with van der Waals surface area (Å²) < 4.78 is 0. The minimum atomic E-state index is 0.225. The molecule has 1 aliphatic heterocycles. The van der Waals surface area contributed by atoms with Gasteiger partial charge in [-0.05, 0) is 55.7 Å². The van der Waals surface area contributed by atoms with Gasteiger partial charge in [0.1, 0.15) is 0 Å². The summed E-state index contributed by atoms with van der Waals surface area (Å²) in [6.07, 6.45) is 14.8. The number of carbonyl (C=O) groups excluding carboxylic acids is 1. The number of nitrogens with one attached hydrogen (secondary N) is 1. The molecular formula is C21H36N2O. The van der Waals surface area contributed by atoms with Gasteiger partial charge < -0.3 is 5.32 Å². The summed E-state index contributed by atoms with van der Waals surface area (Å²) >= 11 is 0. The highest BCUT2D eigenvalue weighted by molar-refractivity contribution is 5.75. The minimum Gasteiger partial charge on any atom is -0.356 e. The van der Waals surface area contributed by atoms with Crippen molar-refractivity contribution < 1.29 is 4.79 Å². The molecule has 3 nitrogen and oxygen atoms in total. The summed E-state index contributed by atoms with van der Waals surface area (Å²) in [6.45, 7) is 7.61. The number of aromatic nitrogens is 1. The van der Waals surface area contributed by atoms with Crippen LogP contribution in [-0.2, 0) is 24.1 Å². The molecule has 0 atom stereocenters. The van der Waals surface area contributed by atoms with Crippen molar-refractivity contribution >= 4 is 5.91 Å². The molecule has 24 heavy (non-hydrogen) atoms. The quantitative estimate of drug-likeness (QED) is 0.763. The van der Waals surface area contributed by atoms with Crippen molar-refractivity contribution in [1.29, 1.82) is 0 Å². The lowest BCUT2D eigenvalue weighted by Crippen LogP contribution is -2.21. The molecule has 2 heterocycles. The zero-order valence-corrected chi connectivity index (χ0v) is 16.0. The predicted molar refractivity (Wildman–Crippen MR) is 102 cm³/mol. The Hall–Kier alpha value is -1.38. The molecule has 136 valence electrons. The Kier molecular flexibility index (Phi) is 11.2. The molecule has 1 N–H and O–H groups in total. The van der Waals surface area contributed by atoms with Gasteiger partial charge >= 0.3 is 0 Å². The second kappa shape index (κ2) is 13.0. The van der Waals surface area contributed by atoms with Gasteiger partial charge in [0.2, 0.25) is 5.91 Å². The first-order valence-electron chi connectivity index (χ1n) is 9.94. The molecule has 2 rings (SSSR count). The van der Waals surface area contributed by atoms with Crippen molar-refractivity contribution in [1.82, 2.24) is 10.3 Å². The van der Waals surface area contributed by atoms with Gasteiger partial charge in [0.05, 0.1) is 0 Å². The fraction of sp³-hybridized carbons (Fsp3) is 0.714. The van der Waals surface area contributed by atoms with E-state index in [4.69, 9.17) is 0 Å². The summed E-state index contributed by atoms with van der Waals surface area (Å²) in [6, 6.07) is 2.34. The van der Waals surface area contributed by atoms with Crippen molar-refractivity contribution in [2.75, 3.05) is 6.54 Å². The third kappa shape index (κ3) is 8.47. The van der Waals surface area contributed by atoms with Crippen LogP contribution >= 0.6 is 0 Å². The fourth-order valence-electron chi connectivity index (χ4n) is 2.97. The zero-order valence-electron chi connectivity index (χ0n) is 16.0. The fourth-order valence-corrected chi connectivity index (χ4v) is 2.97. The molecule has 0 aromatic carbocycles. The minimum absolute atomic E-state index is 0.225. The van der Waals surface area contributed by atoms with E-state index in [2.05, 4.69) is 43.3 Å². The molecule has 1 amide bonds. The number of pyridine rings is 1. The number of amides is 1. The lowest BCUT2D eigenvalue weighted by molar-refractivity contribution is -0.120. The van der Waals surface area contributed by atoms with Crippen molar-refractivity contribution in [2.24, 2.45) is 0 Å². The first-order chi connectivity index (χ1) is 11.7. The Morgan fingerprint density at radius 2 is 1.71 bits per heavy atom. The normalized spacial score (nSPS) is 14.4. The molecule has 0 aliphatic carbocycles. The number of unbranched alkanes of at least 4 members (excludes halogenated alkanes) is 1. The monoisotopic (exact) mass is 332 g/mol. The van der Waals surface area contributed by atoms with Crippen LogP contribution in [0, 0.1) is 0 Å². The topological polar surface area (TPSA) is 42.0 Å². The van der Waals surface area contributed by atoms with Gasteiger partial charge in [0.25, 0.3) is 0 Å². The zero-order chi connectivity index (χ0) is 17.6. The average Bonchev–Trinajstić information content (AvgIpc) is 2.83. The summed E-state index contributed by atoms with van der Waals surface area (Å²) in [7, 11) is 0. The van der Waals surface area contributed by atoms with Crippen molar-refractivity contribution in [3.05, 3.63) is 29.1 Å². The van der Waals surface area contributed by atoms with Crippen LogP contribution in [0.2, 0.25) is 0 Å². The van der Waals surface area contributed by atoms with Gasteiger partial charge in [-0.2, -0.15) is 0 Å². The van der Waals surface area contributed by atoms with E-state index >= 15 is 0 Å². The van der Waals surface area contributed by atoms with Crippen LogP contribution in [0.3, 0.4) is 0 Å². The van der Waals surface area contributed by atoms with Gasteiger partial charge in [-0.25, -0.2) is 0 Å². The maximum Gasteiger partial charge on any atom is 0.219 e. The van der Waals surface area contributed by atoms with E-state index in [-0.39, 0.29) is 5.91 Å². The number of nitrogens with zero attached hydrogens (tertiary/aromatic N) is 1. The summed E-state index contributed by atoms with van der Waals surface area (Å²) in [5, 5.41) is 2.81. The Bertz CT molecular complexity index is 461. The molecule has 0 unspecified atom stereocenters. The molecule has 0 radical (unpaired) electrons. The van der Waals surface area contributed by atoms with E-state index in [0.717, 1.165) is 32.2 Å². The van der Waals surface area contributed by atoms with Crippen LogP contribution in [0.5, 0.6) is 0 Å². The van der Waals surface area contributed by atoms with Gasteiger partial charge in [-0.15, -0.1) is 0 Å². The molecule has 3 heteroatoms. The third-order valence-corrected chi connectivity index (χ3v) is 4.37. The molecule has 1 saturated heterocycles. The molecule has 1 fully saturated rings. The maximum absolute atomic E-state index is 10.6. The number of rotatable bonds is 7. The third-order valence-electron chi connectivity index (χ3n) is 4.37. The molecule has 0 saturated carbocycles. The van der Waals surface area contributed by atoms with Gasteiger partial charge in [0, 0.05) is 24.9 Å².